The average molecular weight is 403 g/mol. The van der Waals surface area contributed by atoms with E-state index in [1.807, 2.05) is 4.90 Å². The summed E-state index contributed by atoms with van der Waals surface area (Å²) in [5, 5.41) is 3.36. The monoisotopic (exact) mass is 403 g/mol. The van der Waals surface area contributed by atoms with Crippen LogP contribution in [0.3, 0.4) is 0 Å². The maximum Gasteiger partial charge on any atom is 0.344 e. The van der Waals surface area contributed by atoms with Crippen molar-refractivity contribution in [2.24, 2.45) is 0 Å². The van der Waals surface area contributed by atoms with Gasteiger partial charge >= 0.3 is 6.03 Å². The van der Waals surface area contributed by atoms with Gasteiger partial charge in [-0.2, -0.15) is 5.01 Å². The molecule has 2 N–H and O–H groups in total. The quantitative estimate of drug-likeness (QED) is 0.651. The van der Waals surface area contributed by atoms with Gasteiger partial charge in [0.05, 0.1) is 13.7 Å². The van der Waals surface area contributed by atoms with Crippen molar-refractivity contribution in [2.45, 2.75) is 19.4 Å². The van der Waals surface area contributed by atoms with Gasteiger partial charge in [-0.1, -0.05) is 12.1 Å². The number of piperazine rings is 1. The lowest BCUT2D eigenvalue weighted by atomic mass is 9.92. The minimum atomic E-state index is -1.29. The van der Waals surface area contributed by atoms with E-state index in [9.17, 15) is 19.2 Å². The number of nitrogens with one attached hydrogen (secondary N) is 2. The van der Waals surface area contributed by atoms with Crippen LogP contribution < -0.4 is 15.5 Å². The molecular formula is C19H25N5O5. The molecule has 29 heavy (non-hydrogen) atoms. The first-order valence-corrected chi connectivity index (χ1v) is 9.33. The highest BCUT2D eigenvalue weighted by Crippen LogP contribution is 2.29. The number of methoxy groups -OCH3 is 1. The molecule has 3 rings (SSSR count). The van der Waals surface area contributed by atoms with Crippen molar-refractivity contribution in [1.82, 2.24) is 25.6 Å². The smallest absolute Gasteiger partial charge is 0.344 e. The molecule has 5 amide bonds. The third-order valence-electron chi connectivity index (χ3n) is 5.28. The van der Waals surface area contributed by atoms with Gasteiger partial charge in [0.25, 0.3) is 11.8 Å². The second-order valence-electron chi connectivity index (χ2n) is 7.24. The largest absolute Gasteiger partial charge is 0.497 e. The standard InChI is InChI=1S/C19H25N5O5/c1-13(25)23-10-8-22(9-11-23)12-16(26)21-24-17(27)19(2,20-18(24)28)14-4-6-15(29-3)7-5-14/h4-7H,8-12H2,1-3H3,(H,20,28)(H,21,26). The molecule has 10 heteroatoms. The number of rotatable bonds is 5. The van der Waals surface area contributed by atoms with Crippen LogP contribution in [-0.4, -0.2) is 78.4 Å². The zero-order chi connectivity index (χ0) is 21.2. The van der Waals surface area contributed by atoms with Crippen molar-refractivity contribution >= 4 is 23.8 Å². The fourth-order valence-electron chi connectivity index (χ4n) is 3.44. The molecule has 0 aliphatic carbocycles. The van der Waals surface area contributed by atoms with Crippen LogP contribution in [0, 0.1) is 0 Å². The molecule has 2 saturated heterocycles. The van der Waals surface area contributed by atoms with Gasteiger partial charge in [-0.05, 0) is 24.6 Å². The van der Waals surface area contributed by atoms with Gasteiger partial charge in [0.2, 0.25) is 5.91 Å². The van der Waals surface area contributed by atoms with Gasteiger partial charge in [-0.25, -0.2) is 4.79 Å². The Labute approximate surface area is 168 Å². The first-order valence-electron chi connectivity index (χ1n) is 9.33. The lowest BCUT2D eigenvalue weighted by molar-refractivity contribution is -0.139. The van der Waals surface area contributed by atoms with E-state index < -0.39 is 23.4 Å². The third-order valence-corrected chi connectivity index (χ3v) is 5.28. The van der Waals surface area contributed by atoms with E-state index in [1.54, 1.807) is 36.1 Å². The van der Waals surface area contributed by atoms with Crippen LogP contribution in [0.25, 0.3) is 0 Å². The number of carbonyl (C=O) groups is 4. The van der Waals surface area contributed by atoms with E-state index in [2.05, 4.69) is 10.7 Å². The number of hydrogen-bond acceptors (Lipinski definition) is 6. The van der Waals surface area contributed by atoms with Crippen LogP contribution in [0.15, 0.2) is 24.3 Å². The number of benzene rings is 1. The molecule has 2 aliphatic heterocycles. The van der Waals surface area contributed by atoms with Crippen LogP contribution in [0.2, 0.25) is 0 Å². The van der Waals surface area contributed by atoms with Crippen molar-refractivity contribution in [1.29, 1.82) is 0 Å². The van der Waals surface area contributed by atoms with Gasteiger partial charge in [0.15, 0.2) is 0 Å². The van der Waals surface area contributed by atoms with Gasteiger partial charge in [0.1, 0.15) is 11.3 Å². The average Bonchev–Trinajstić information content (AvgIpc) is 2.92. The summed E-state index contributed by atoms with van der Waals surface area (Å²) in [5.74, 6) is -0.401. The van der Waals surface area contributed by atoms with Crippen LogP contribution >= 0.6 is 0 Å². The van der Waals surface area contributed by atoms with Crippen molar-refractivity contribution in [3.8, 4) is 5.75 Å². The van der Waals surface area contributed by atoms with E-state index >= 15 is 0 Å². The van der Waals surface area contributed by atoms with Crippen LogP contribution in [0.5, 0.6) is 5.75 Å². The molecule has 1 aromatic rings. The minimum absolute atomic E-state index is 0.00579. The topological polar surface area (TPSA) is 111 Å². The van der Waals surface area contributed by atoms with Crippen LogP contribution in [-0.2, 0) is 19.9 Å². The number of nitrogens with zero attached hydrogens (tertiary/aromatic N) is 3. The number of ether oxygens (including phenoxy) is 1. The van der Waals surface area contributed by atoms with Crippen molar-refractivity contribution in [3.05, 3.63) is 29.8 Å². The van der Waals surface area contributed by atoms with Gasteiger partial charge in [0, 0.05) is 33.1 Å². The molecule has 156 valence electrons. The fourth-order valence-corrected chi connectivity index (χ4v) is 3.44. The summed E-state index contributed by atoms with van der Waals surface area (Å²) >= 11 is 0. The molecule has 1 aromatic carbocycles. The zero-order valence-corrected chi connectivity index (χ0v) is 16.7. The summed E-state index contributed by atoms with van der Waals surface area (Å²) < 4.78 is 5.11. The Balaban J connectivity index is 1.61. The predicted molar refractivity (Wildman–Crippen MR) is 103 cm³/mol. The van der Waals surface area contributed by atoms with E-state index in [1.165, 1.54) is 14.0 Å². The molecule has 0 radical (unpaired) electrons. The summed E-state index contributed by atoms with van der Waals surface area (Å²) in [6.07, 6.45) is 0. The summed E-state index contributed by atoms with van der Waals surface area (Å²) in [6.45, 7) is 5.32. The highest BCUT2D eigenvalue weighted by molar-refractivity contribution is 6.08. The Hall–Kier alpha value is -3.14. The normalized spacial score (nSPS) is 22.4. The molecule has 1 atom stereocenters. The molecule has 1 unspecified atom stereocenters. The van der Waals surface area contributed by atoms with E-state index in [0.717, 1.165) is 5.01 Å². The number of urea groups is 1. The Kier molecular flexibility index (Phi) is 5.73. The van der Waals surface area contributed by atoms with E-state index in [0.29, 0.717) is 37.5 Å². The molecule has 0 spiro atoms. The summed E-state index contributed by atoms with van der Waals surface area (Å²) in [7, 11) is 1.54. The van der Waals surface area contributed by atoms with Crippen LogP contribution in [0.4, 0.5) is 4.79 Å². The molecule has 0 aromatic heterocycles. The highest BCUT2D eigenvalue weighted by atomic mass is 16.5. The van der Waals surface area contributed by atoms with Crippen molar-refractivity contribution in [2.75, 3.05) is 39.8 Å². The SMILES string of the molecule is COc1ccc(C2(C)NC(=O)N(NC(=O)CN3CCN(C(C)=O)CC3)C2=O)cc1. The number of hydrazine groups is 1. The summed E-state index contributed by atoms with van der Waals surface area (Å²) in [6, 6.07) is 6.08. The van der Waals surface area contributed by atoms with Gasteiger partial charge < -0.3 is 15.0 Å². The Morgan fingerprint density at radius 1 is 1.14 bits per heavy atom. The molecule has 2 fully saturated rings. The Morgan fingerprint density at radius 3 is 2.31 bits per heavy atom. The minimum Gasteiger partial charge on any atom is -0.497 e. The maximum atomic E-state index is 12.9. The highest BCUT2D eigenvalue weighted by Gasteiger charge is 2.50. The first-order chi connectivity index (χ1) is 13.7. The first kappa shape index (κ1) is 20.6. The van der Waals surface area contributed by atoms with Crippen LogP contribution in [0.1, 0.15) is 19.4 Å². The zero-order valence-electron chi connectivity index (χ0n) is 16.7. The molecule has 0 saturated carbocycles. The third kappa shape index (κ3) is 4.16. The second-order valence-corrected chi connectivity index (χ2v) is 7.24. The maximum absolute atomic E-state index is 12.9. The van der Waals surface area contributed by atoms with Crippen molar-refractivity contribution in [3.63, 3.8) is 0 Å². The Bertz CT molecular complexity index is 819. The molecular weight excluding hydrogens is 378 g/mol. The summed E-state index contributed by atoms with van der Waals surface area (Å²) in [4.78, 5) is 52.6. The summed E-state index contributed by atoms with van der Waals surface area (Å²) in [5.41, 5.74) is 1.68. The molecule has 10 nitrogen and oxygen atoms in total. The van der Waals surface area contributed by atoms with Gasteiger partial charge in [-0.3, -0.25) is 24.7 Å². The number of carbonyl (C=O) groups excluding carboxylic acids is 4. The molecule has 2 heterocycles. The lowest BCUT2D eigenvalue weighted by Crippen LogP contribution is -2.54. The Morgan fingerprint density at radius 2 is 1.76 bits per heavy atom. The fraction of sp³-hybridized carbons (Fsp3) is 0.474. The van der Waals surface area contributed by atoms with Gasteiger partial charge in [-0.15, -0.1) is 0 Å². The molecule has 0 bridgehead atoms. The number of amides is 5. The lowest BCUT2D eigenvalue weighted by Gasteiger charge is -2.33. The number of imide groups is 1. The second kappa shape index (κ2) is 8.08. The predicted octanol–water partition coefficient (Wildman–Crippen LogP) is -0.342. The van der Waals surface area contributed by atoms with Crippen molar-refractivity contribution < 1.29 is 23.9 Å². The van der Waals surface area contributed by atoms with E-state index in [4.69, 9.17) is 4.74 Å². The molecule has 2 aliphatic rings. The number of hydrogen-bond donors (Lipinski definition) is 2. The van der Waals surface area contributed by atoms with E-state index in [-0.39, 0.29) is 12.5 Å².